The first-order valence-corrected chi connectivity index (χ1v) is 7.03. The Balaban J connectivity index is 1.68. The Kier molecular flexibility index (Phi) is 3.36. The van der Waals surface area contributed by atoms with Crippen molar-refractivity contribution in [1.82, 2.24) is 10.5 Å². The second-order valence-electron chi connectivity index (χ2n) is 5.60. The van der Waals surface area contributed by atoms with E-state index in [0.717, 1.165) is 35.4 Å². The van der Waals surface area contributed by atoms with Gasteiger partial charge in [0.25, 0.3) is 0 Å². The zero-order valence-corrected chi connectivity index (χ0v) is 11.9. The van der Waals surface area contributed by atoms with Crippen LogP contribution in [0.1, 0.15) is 34.6 Å². The summed E-state index contributed by atoms with van der Waals surface area (Å²) in [7, 11) is 0. The van der Waals surface area contributed by atoms with Crippen LogP contribution in [0.2, 0.25) is 0 Å². The molecule has 1 aromatic heterocycles. The summed E-state index contributed by atoms with van der Waals surface area (Å²) in [6.45, 7) is 5.07. The smallest absolute Gasteiger partial charge is 0.138 e. The van der Waals surface area contributed by atoms with E-state index in [4.69, 9.17) is 4.52 Å². The normalized spacial score (nSPS) is 21.1. The molecule has 0 saturated carbocycles. The van der Waals surface area contributed by atoms with Gasteiger partial charge in [-0.25, -0.2) is 0 Å². The van der Waals surface area contributed by atoms with Gasteiger partial charge in [-0.15, -0.1) is 0 Å². The van der Waals surface area contributed by atoms with Gasteiger partial charge in [0.05, 0.1) is 5.69 Å². The standard InChI is InChI=1S/C16H20N2O2/c1-11-14(12(2)20-18-11)9-17-10-16(19)8-7-13-5-3-4-6-15(13)16/h3-6,17,19H,7-10H2,1-2H3. The lowest BCUT2D eigenvalue weighted by molar-refractivity contribution is 0.0384. The van der Waals surface area contributed by atoms with E-state index in [2.05, 4.69) is 16.5 Å². The third-order valence-electron chi connectivity index (χ3n) is 4.23. The van der Waals surface area contributed by atoms with Crippen molar-refractivity contribution in [3.63, 3.8) is 0 Å². The summed E-state index contributed by atoms with van der Waals surface area (Å²) in [5, 5.41) is 18.1. The summed E-state index contributed by atoms with van der Waals surface area (Å²) in [4.78, 5) is 0. The molecule has 0 spiro atoms. The molecule has 0 aliphatic heterocycles. The molecule has 0 saturated heterocycles. The zero-order valence-electron chi connectivity index (χ0n) is 11.9. The maximum absolute atomic E-state index is 10.8. The van der Waals surface area contributed by atoms with Crippen molar-refractivity contribution >= 4 is 0 Å². The lowest BCUT2D eigenvalue weighted by atomic mass is 9.96. The van der Waals surface area contributed by atoms with Crippen molar-refractivity contribution < 1.29 is 9.63 Å². The van der Waals surface area contributed by atoms with Crippen LogP contribution in [0.5, 0.6) is 0 Å². The summed E-state index contributed by atoms with van der Waals surface area (Å²) >= 11 is 0. The molecule has 4 nitrogen and oxygen atoms in total. The van der Waals surface area contributed by atoms with E-state index in [9.17, 15) is 5.11 Å². The predicted octanol–water partition coefficient (Wildman–Crippen LogP) is 2.22. The summed E-state index contributed by atoms with van der Waals surface area (Å²) < 4.78 is 5.15. The molecule has 3 rings (SSSR count). The van der Waals surface area contributed by atoms with E-state index in [1.165, 1.54) is 5.56 Å². The second kappa shape index (κ2) is 5.04. The molecule has 2 aromatic rings. The minimum Gasteiger partial charge on any atom is -0.384 e. The van der Waals surface area contributed by atoms with Gasteiger partial charge in [0.15, 0.2) is 0 Å². The van der Waals surface area contributed by atoms with E-state index in [-0.39, 0.29) is 0 Å². The van der Waals surface area contributed by atoms with Crippen LogP contribution in [0.25, 0.3) is 0 Å². The molecule has 0 radical (unpaired) electrons. The predicted molar refractivity (Wildman–Crippen MR) is 76.3 cm³/mol. The second-order valence-corrected chi connectivity index (χ2v) is 5.60. The first-order valence-electron chi connectivity index (χ1n) is 7.03. The van der Waals surface area contributed by atoms with E-state index in [1.54, 1.807) is 0 Å². The van der Waals surface area contributed by atoms with E-state index < -0.39 is 5.60 Å². The fourth-order valence-corrected chi connectivity index (χ4v) is 3.00. The molecule has 1 atom stereocenters. The van der Waals surface area contributed by atoms with E-state index in [0.29, 0.717) is 13.1 Å². The average molecular weight is 272 g/mol. The molecule has 1 heterocycles. The Hall–Kier alpha value is -1.65. The first kappa shape index (κ1) is 13.3. The lowest BCUT2D eigenvalue weighted by Crippen LogP contribution is -2.36. The van der Waals surface area contributed by atoms with Crippen molar-refractivity contribution in [2.45, 2.75) is 38.8 Å². The van der Waals surface area contributed by atoms with Gasteiger partial charge in [0.1, 0.15) is 11.4 Å². The van der Waals surface area contributed by atoms with Crippen molar-refractivity contribution in [2.24, 2.45) is 0 Å². The molecule has 1 aliphatic carbocycles. The Morgan fingerprint density at radius 3 is 2.90 bits per heavy atom. The summed E-state index contributed by atoms with van der Waals surface area (Å²) in [6, 6.07) is 8.15. The molecule has 1 unspecified atom stereocenters. The third kappa shape index (κ3) is 2.25. The number of nitrogens with one attached hydrogen (secondary N) is 1. The number of hydrogen-bond acceptors (Lipinski definition) is 4. The molecule has 4 heteroatoms. The topological polar surface area (TPSA) is 58.3 Å². The highest BCUT2D eigenvalue weighted by Gasteiger charge is 2.35. The third-order valence-corrected chi connectivity index (χ3v) is 4.23. The van der Waals surface area contributed by atoms with Crippen molar-refractivity contribution in [1.29, 1.82) is 0 Å². The summed E-state index contributed by atoms with van der Waals surface area (Å²) in [5.74, 6) is 0.841. The number of hydrogen-bond donors (Lipinski definition) is 2. The molecule has 20 heavy (non-hydrogen) atoms. The van der Waals surface area contributed by atoms with Gasteiger partial charge in [-0.2, -0.15) is 0 Å². The molecular formula is C16H20N2O2. The van der Waals surface area contributed by atoms with Gasteiger partial charge in [-0.1, -0.05) is 29.4 Å². The fraction of sp³-hybridized carbons (Fsp3) is 0.438. The number of rotatable bonds is 4. The van der Waals surface area contributed by atoms with Gasteiger partial charge >= 0.3 is 0 Å². The summed E-state index contributed by atoms with van der Waals surface area (Å²) in [5.41, 5.74) is 3.56. The van der Waals surface area contributed by atoms with Crippen LogP contribution in [-0.4, -0.2) is 16.8 Å². The molecule has 0 amide bonds. The average Bonchev–Trinajstić information content (AvgIpc) is 2.94. The van der Waals surface area contributed by atoms with Crippen LogP contribution < -0.4 is 5.32 Å². The molecule has 0 fully saturated rings. The number of nitrogens with zero attached hydrogens (tertiary/aromatic N) is 1. The SMILES string of the molecule is Cc1noc(C)c1CNCC1(O)CCc2ccccc21. The van der Waals surface area contributed by atoms with Gasteiger partial charge in [0, 0.05) is 18.7 Å². The van der Waals surface area contributed by atoms with Crippen LogP contribution in [0.3, 0.4) is 0 Å². The molecule has 106 valence electrons. The number of aryl methyl sites for hydroxylation is 3. The van der Waals surface area contributed by atoms with Crippen LogP contribution in [-0.2, 0) is 18.6 Å². The molecule has 0 bridgehead atoms. The maximum Gasteiger partial charge on any atom is 0.138 e. The number of benzene rings is 1. The van der Waals surface area contributed by atoms with Crippen LogP contribution >= 0.6 is 0 Å². The van der Waals surface area contributed by atoms with Crippen molar-refractivity contribution in [2.75, 3.05) is 6.54 Å². The highest BCUT2D eigenvalue weighted by Crippen LogP contribution is 2.36. The largest absolute Gasteiger partial charge is 0.384 e. The molecule has 1 aliphatic rings. The Bertz CT molecular complexity index is 601. The van der Waals surface area contributed by atoms with Crippen molar-refractivity contribution in [3.05, 3.63) is 52.4 Å². The minimum absolute atomic E-state index is 0.550. The lowest BCUT2D eigenvalue weighted by Gasteiger charge is -2.24. The van der Waals surface area contributed by atoms with Gasteiger partial charge in [-0.3, -0.25) is 0 Å². The quantitative estimate of drug-likeness (QED) is 0.896. The monoisotopic (exact) mass is 272 g/mol. The number of fused-ring (bicyclic) bond motifs is 1. The molecule has 1 aromatic carbocycles. The minimum atomic E-state index is -0.754. The molecular weight excluding hydrogens is 252 g/mol. The first-order chi connectivity index (χ1) is 9.60. The number of aromatic nitrogens is 1. The Labute approximate surface area is 118 Å². The fourth-order valence-electron chi connectivity index (χ4n) is 3.00. The number of aliphatic hydroxyl groups is 1. The Morgan fingerprint density at radius 2 is 2.15 bits per heavy atom. The van der Waals surface area contributed by atoms with E-state index >= 15 is 0 Å². The zero-order chi connectivity index (χ0) is 14.2. The highest BCUT2D eigenvalue weighted by atomic mass is 16.5. The van der Waals surface area contributed by atoms with E-state index in [1.807, 2.05) is 32.0 Å². The summed E-state index contributed by atoms with van der Waals surface area (Å²) in [6.07, 6.45) is 1.72. The van der Waals surface area contributed by atoms with Crippen LogP contribution in [0.4, 0.5) is 0 Å². The van der Waals surface area contributed by atoms with Crippen LogP contribution in [0.15, 0.2) is 28.8 Å². The highest BCUT2D eigenvalue weighted by molar-refractivity contribution is 5.37. The van der Waals surface area contributed by atoms with Gasteiger partial charge in [0.2, 0.25) is 0 Å². The van der Waals surface area contributed by atoms with Gasteiger partial charge in [-0.05, 0) is 37.8 Å². The van der Waals surface area contributed by atoms with Gasteiger partial charge < -0.3 is 14.9 Å². The maximum atomic E-state index is 10.8. The Morgan fingerprint density at radius 1 is 1.35 bits per heavy atom. The van der Waals surface area contributed by atoms with Crippen LogP contribution in [0, 0.1) is 13.8 Å². The molecule has 2 N–H and O–H groups in total. The van der Waals surface area contributed by atoms with Crippen molar-refractivity contribution in [3.8, 4) is 0 Å².